The van der Waals surface area contributed by atoms with Gasteiger partial charge in [-0.15, -0.1) is 11.3 Å². The Labute approximate surface area is 224 Å². The van der Waals surface area contributed by atoms with Gasteiger partial charge < -0.3 is 15.8 Å². The molecule has 0 saturated heterocycles. The van der Waals surface area contributed by atoms with E-state index in [0.717, 1.165) is 46.3 Å². The van der Waals surface area contributed by atoms with Crippen LogP contribution in [0.3, 0.4) is 0 Å². The number of nitrogens with zero attached hydrogens (tertiary/aromatic N) is 3. The average Bonchev–Trinajstić information content (AvgIpc) is 3.41. The van der Waals surface area contributed by atoms with Gasteiger partial charge in [-0.3, -0.25) is 9.36 Å². The third kappa shape index (κ3) is 3.96. The molecule has 186 valence electrons. The predicted octanol–water partition coefficient (Wildman–Crippen LogP) is 5.90. The SMILES string of the molecule is COC(=O)c1c(NC(=O)c2c(N)n(-c3ccc(Br)cc3)c3nc4ccccc4nc23)sc2c1CCCC2. The lowest BCUT2D eigenvalue weighted by Crippen LogP contribution is -2.16. The fourth-order valence-corrected chi connectivity index (χ4v) is 6.41. The van der Waals surface area contributed by atoms with Crippen molar-refractivity contribution in [1.29, 1.82) is 0 Å². The first-order valence-electron chi connectivity index (χ1n) is 11.8. The summed E-state index contributed by atoms with van der Waals surface area (Å²) in [5.41, 5.74) is 11.2. The van der Waals surface area contributed by atoms with Crippen molar-refractivity contribution < 1.29 is 14.3 Å². The van der Waals surface area contributed by atoms with Gasteiger partial charge in [-0.2, -0.15) is 0 Å². The van der Waals surface area contributed by atoms with E-state index in [9.17, 15) is 9.59 Å². The average molecular weight is 576 g/mol. The van der Waals surface area contributed by atoms with Crippen LogP contribution in [0.25, 0.3) is 27.9 Å². The van der Waals surface area contributed by atoms with Gasteiger partial charge in [0.05, 0.1) is 23.7 Å². The zero-order valence-electron chi connectivity index (χ0n) is 19.9. The molecule has 0 unspecified atom stereocenters. The summed E-state index contributed by atoms with van der Waals surface area (Å²) in [6, 6.07) is 15.0. The summed E-state index contributed by atoms with van der Waals surface area (Å²) in [4.78, 5) is 37.2. The van der Waals surface area contributed by atoms with E-state index in [1.54, 1.807) is 4.57 Å². The summed E-state index contributed by atoms with van der Waals surface area (Å²) >= 11 is 4.89. The number of aromatic nitrogens is 3. The number of para-hydroxylation sites is 2. The van der Waals surface area contributed by atoms with Crippen LogP contribution in [0.1, 0.15) is 44.0 Å². The Morgan fingerprint density at radius 3 is 2.46 bits per heavy atom. The number of halogens is 1. The summed E-state index contributed by atoms with van der Waals surface area (Å²) in [7, 11) is 1.35. The number of nitrogens with one attached hydrogen (secondary N) is 1. The van der Waals surface area contributed by atoms with E-state index in [0.29, 0.717) is 32.8 Å². The van der Waals surface area contributed by atoms with Crippen LogP contribution >= 0.6 is 27.3 Å². The molecule has 0 radical (unpaired) electrons. The van der Waals surface area contributed by atoms with Crippen LogP contribution in [0.5, 0.6) is 0 Å². The summed E-state index contributed by atoms with van der Waals surface area (Å²) in [5, 5.41) is 3.44. The first kappa shape index (κ1) is 23.6. The molecule has 3 N–H and O–H groups in total. The molecule has 0 bridgehead atoms. The Morgan fingerprint density at radius 2 is 1.73 bits per heavy atom. The number of nitrogen functional groups attached to an aromatic ring is 1. The number of esters is 1. The second-order valence-corrected chi connectivity index (χ2v) is 10.8. The van der Waals surface area contributed by atoms with E-state index in [2.05, 4.69) is 21.2 Å². The number of hydrogen-bond acceptors (Lipinski definition) is 7. The Balaban J connectivity index is 1.53. The summed E-state index contributed by atoms with van der Waals surface area (Å²) in [6.45, 7) is 0. The van der Waals surface area contributed by atoms with Crippen molar-refractivity contribution in [1.82, 2.24) is 14.5 Å². The number of nitrogens with two attached hydrogens (primary N) is 1. The molecular weight excluding hydrogens is 554 g/mol. The Hall–Kier alpha value is -3.76. The number of anilines is 2. The Bertz CT molecular complexity index is 1710. The lowest BCUT2D eigenvalue weighted by Gasteiger charge is -2.11. The first-order chi connectivity index (χ1) is 18.0. The van der Waals surface area contributed by atoms with Crippen molar-refractivity contribution >= 4 is 72.2 Å². The van der Waals surface area contributed by atoms with Crippen LogP contribution in [-0.2, 0) is 17.6 Å². The largest absolute Gasteiger partial charge is 0.465 e. The molecule has 8 nitrogen and oxygen atoms in total. The fourth-order valence-electron chi connectivity index (χ4n) is 4.87. The zero-order valence-corrected chi connectivity index (χ0v) is 22.3. The molecule has 3 aromatic heterocycles. The number of hydrogen-bond donors (Lipinski definition) is 2. The van der Waals surface area contributed by atoms with Crippen LogP contribution in [-0.4, -0.2) is 33.5 Å². The summed E-state index contributed by atoms with van der Waals surface area (Å²) in [6.07, 6.45) is 3.71. The quantitative estimate of drug-likeness (QED) is 0.258. The molecule has 10 heteroatoms. The van der Waals surface area contributed by atoms with Gasteiger partial charge in [0.25, 0.3) is 5.91 Å². The number of fused-ring (bicyclic) bond motifs is 3. The molecule has 37 heavy (non-hydrogen) atoms. The van der Waals surface area contributed by atoms with E-state index < -0.39 is 11.9 Å². The number of ether oxygens (including phenoxy) is 1. The molecule has 1 aliphatic rings. The number of aryl methyl sites for hydroxylation is 1. The highest BCUT2D eigenvalue weighted by Crippen LogP contribution is 2.39. The maximum Gasteiger partial charge on any atom is 0.341 e. The second kappa shape index (κ2) is 9.28. The standard InChI is InChI=1S/C27H22BrN5O3S/c1-36-27(35)20-16-6-2-5-9-19(16)37-26(20)32-25(34)21-22-24(31-18-8-4-3-7-17(18)30-22)33(23(21)29)15-12-10-14(28)11-13-15/h3-4,7-8,10-13H,2,5-6,9,29H2,1H3,(H,32,34). The number of carbonyl (C=O) groups excluding carboxylic acids is 2. The van der Waals surface area contributed by atoms with Gasteiger partial charge in [0.2, 0.25) is 0 Å². The van der Waals surface area contributed by atoms with Crippen LogP contribution in [0.4, 0.5) is 10.8 Å². The van der Waals surface area contributed by atoms with Crippen molar-refractivity contribution in [2.75, 3.05) is 18.2 Å². The first-order valence-corrected chi connectivity index (χ1v) is 13.4. The normalized spacial score (nSPS) is 13.0. The second-order valence-electron chi connectivity index (χ2n) is 8.82. The number of benzene rings is 2. The number of thiophene rings is 1. The summed E-state index contributed by atoms with van der Waals surface area (Å²) in [5.74, 6) is -0.691. The Kier molecular flexibility index (Phi) is 5.92. The lowest BCUT2D eigenvalue weighted by atomic mass is 9.95. The minimum absolute atomic E-state index is 0.207. The monoisotopic (exact) mass is 575 g/mol. The number of amides is 1. The van der Waals surface area contributed by atoms with E-state index >= 15 is 0 Å². The molecule has 0 spiro atoms. The topological polar surface area (TPSA) is 112 Å². The van der Waals surface area contributed by atoms with Crippen LogP contribution in [0, 0.1) is 0 Å². The number of carbonyl (C=O) groups is 2. The van der Waals surface area contributed by atoms with Crippen LogP contribution in [0.2, 0.25) is 0 Å². The highest BCUT2D eigenvalue weighted by molar-refractivity contribution is 9.10. The van der Waals surface area contributed by atoms with Crippen molar-refractivity contribution in [3.05, 3.63) is 74.6 Å². The lowest BCUT2D eigenvalue weighted by molar-refractivity contribution is 0.0601. The number of rotatable bonds is 4. The predicted molar refractivity (Wildman–Crippen MR) is 149 cm³/mol. The van der Waals surface area contributed by atoms with E-state index in [4.69, 9.17) is 20.4 Å². The maximum absolute atomic E-state index is 13.8. The van der Waals surface area contributed by atoms with Crippen molar-refractivity contribution in [2.24, 2.45) is 0 Å². The molecular formula is C27H22BrN5O3S. The molecule has 5 aromatic rings. The Morgan fingerprint density at radius 1 is 1.03 bits per heavy atom. The van der Waals surface area contributed by atoms with Gasteiger partial charge in [0, 0.05) is 15.0 Å². The van der Waals surface area contributed by atoms with Gasteiger partial charge in [0.15, 0.2) is 5.65 Å². The van der Waals surface area contributed by atoms with Gasteiger partial charge >= 0.3 is 5.97 Å². The highest BCUT2D eigenvalue weighted by Gasteiger charge is 2.30. The smallest absolute Gasteiger partial charge is 0.341 e. The zero-order chi connectivity index (χ0) is 25.7. The molecule has 3 heterocycles. The molecule has 6 rings (SSSR count). The molecule has 0 atom stereocenters. The van der Waals surface area contributed by atoms with Crippen molar-refractivity contribution in [2.45, 2.75) is 25.7 Å². The van der Waals surface area contributed by atoms with E-state index in [1.807, 2.05) is 48.5 Å². The molecule has 1 aliphatic carbocycles. The highest BCUT2D eigenvalue weighted by atomic mass is 79.9. The molecule has 0 fully saturated rings. The van der Waals surface area contributed by atoms with E-state index in [1.165, 1.54) is 18.4 Å². The fraction of sp³-hybridized carbons (Fsp3) is 0.185. The molecule has 0 aliphatic heterocycles. The minimum atomic E-state index is -0.453. The van der Waals surface area contributed by atoms with E-state index in [-0.39, 0.29) is 11.4 Å². The maximum atomic E-state index is 13.8. The van der Waals surface area contributed by atoms with Crippen molar-refractivity contribution in [3.8, 4) is 5.69 Å². The number of methoxy groups -OCH3 is 1. The minimum Gasteiger partial charge on any atom is -0.465 e. The van der Waals surface area contributed by atoms with Gasteiger partial charge in [-0.05, 0) is 67.6 Å². The van der Waals surface area contributed by atoms with Crippen LogP contribution in [0.15, 0.2) is 53.0 Å². The molecule has 0 saturated carbocycles. The third-order valence-electron chi connectivity index (χ3n) is 6.60. The van der Waals surface area contributed by atoms with Crippen LogP contribution < -0.4 is 11.1 Å². The van der Waals surface area contributed by atoms with Gasteiger partial charge in [-0.1, -0.05) is 28.1 Å². The van der Waals surface area contributed by atoms with Crippen molar-refractivity contribution in [3.63, 3.8) is 0 Å². The van der Waals surface area contributed by atoms with Gasteiger partial charge in [-0.25, -0.2) is 14.8 Å². The molecule has 2 aromatic carbocycles. The summed E-state index contributed by atoms with van der Waals surface area (Å²) < 4.78 is 7.71. The van der Waals surface area contributed by atoms with Gasteiger partial charge in [0.1, 0.15) is 21.9 Å². The molecule has 1 amide bonds. The third-order valence-corrected chi connectivity index (χ3v) is 8.33.